The molecule has 31 heavy (non-hydrogen) atoms. The third kappa shape index (κ3) is 4.88. The molecule has 0 bridgehead atoms. The van der Waals surface area contributed by atoms with Gasteiger partial charge in [0.2, 0.25) is 0 Å². The van der Waals surface area contributed by atoms with Crippen molar-refractivity contribution in [2.24, 2.45) is 5.41 Å². The van der Waals surface area contributed by atoms with Crippen LogP contribution in [0.5, 0.6) is 0 Å². The number of nitrogens with zero attached hydrogens (tertiary/aromatic N) is 3. The van der Waals surface area contributed by atoms with Crippen molar-refractivity contribution in [3.05, 3.63) is 35.4 Å². The maximum Gasteiger partial charge on any atom is 0.410 e. The first-order valence-electron chi connectivity index (χ1n) is 11.3. The Kier molecular flexibility index (Phi) is 5.74. The van der Waals surface area contributed by atoms with Gasteiger partial charge in [-0.1, -0.05) is 6.08 Å². The maximum absolute atomic E-state index is 12.4. The third-order valence-corrected chi connectivity index (χ3v) is 6.72. The number of nitrogens with one attached hydrogen (secondary N) is 1. The minimum Gasteiger partial charge on any atom is -0.444 e. The highest BCUT2D eigenvalue weighted by molar-refractivity contribution is 5.74. The molecule has 1 aromatic rings. The summed E-state index contributed by atoms with van der Waals surface area (Å²) in [6.07, 6.45) is 6.20. The van der Waals surface area contributed by atoms with Gasteiger partial charge in [-0.05, 0) is 88.3 Å². The molecule has 6 nitrogen and oxygen atoms in total. The van der Waals surface area contributed by atoms with E-state index in [1.54, 1.807) is 0 Å². The molecule has 1 amide bonds. The first-order valence-corrected chi connectivity index (χ1v) is 11.3. The fourth-order valence-corrected chi connectivity index (χ4v) is 5.09. The Morgan fingerprint density at radius 3 is 2.71 bits per heavy atom. The number of ether oxygens (including phenoxy) is 1. The highest BCUT2D eigenvalue weighted by Gasteiger charge is 2.50. The van der Waals surface area contributed by atoms with Gasteiger partial charge >= 0.3 is 6.09 Å². The molecule has 0 radical (unpaired) electrons. The van der Waals surface area contributed by atoms with E-state index in [1.165, 1.54) is 5.57 Å². The number of carbonyl (C=O) groups is 1. The van der Waals surface area contributed by atoms with Crippen LogP contribution in [0.3, 0.4) is 0 Å². The first kappa shape index (κ1) is 21.7. The Balaban J connectivity index is 1.36. The minimum absolute atomic E-state index is 0.191. The molecule has 0 aromatic heterocycles. The number of benzene rings is 1. The Hall–Kier alpha value is -2.52. The normalized spacial score (nSPS) is 26.2. The van der Waals surface area contributed by atoms with Crippen molar-refractivity contribution >= 4 is 17.4 Å². The lowest BCUT2D eigenvalue weighted by atomic mass is 9.65. The van der Waals surface area contributed by atoms with Gasteiger partial charge < -0.3 is 19.9 Å². The van der Waals surface area contributed by atoms with Gasteiger partial charge in [-0.2, -0.15) is 5.26 Å². The largest absolute Gasteiger partial charge is 0.444 e. The minimum atomic E-state index is -0.451. The number of hydrogen-bond donors (Lipinski definition) is 1. The molecule has 1 N–H and O–H groups in total. The van der Waals surface area contributed by atoms with E-state index in [9.17, 15) is 10.1 Å². The quantitative estimate of drug-likeness (QED) is 0.778. The molecule has 3 aliphatic rings. The standard InChI is InChI=1S/C25H34N4O2/c1-24(2,3)31-23(30)29-12-9-25(17-29)14-21(15-25)27-20-6-5-19(16-26)22(13-20)18-7-10-28(4)11-8-18/h5-7,13,21,27H,8-12,14-15,17H2,1-4H3. The molecule has 0 unspecified atom stereocenters. The molecule has 2 fully saturated rings. The summed E-state index contributed by atoms with van der Waals surface area (Å²) >= 11 is 0. The van der Waals surface area contributed by atoms with E-state index in [0.717, 1.165) is 68.7 Å². The van der Waals surface area contributed by atoms with Gasteiger partial charge in [0.25, 0.3) is 0 Å². The maximum atomic E-state index is 12.4. The number of carbonyl (C=O) groups excluding carboxylic acids is 1. The second-order valence-corrected chi connectivity index (χ2v) is 10.5. The van der Waals surface area contributed by atoms with Crippen LogP contribution in [0.4, 0.5) is 10.5 Å². The van der Waals surface area contributed by atoms with Gasteiger partial charge in [0.15, 0.2) is 0 Å². The molecule has 1 saturated heterocycles. The highest BCUT2D eigenvalue weighted by Crippen LogP contribution is 2.49. The summed E-state index contributed by atoms with van der Waals surface area (Å²) in [6.45, 7) is 9.25. The molecule has 2 aliphatic heterocycles. The van der Waals surface area contributed by atoms with Gasteiger partial charge in [0.05, 0.1) is 11.6 Å². The Morgan fingerprint density at radius 2 is 2.06 bits per heavy atom. The smallest absolute Gasteiger partial charge is 0.410 e. The van der Waals surface area contributed by atoms with E-state index in [1.807, 2.05) is 37.8 Å². The van der Waals surface area contributed by atoms with Crippen molar-refractivity contribution in [3.63, 3.8) is 0 Å². The fraction of sp³-hybridized carbons (Fsp3) is 0.600. The van der Waals surface area contributed by atoms with E-state index in [4.69, 9.17) is 4.74 Å². The highest BCUT2D eigenvalue weighted by atomic mass is 16.6. The monoisotopic (exact) mass is 422 g/mol. The molecule has 2 heterocycles. The van der Waals surface area contributed by atoms with Crippen LogP contribution in [0.1, 0.15) is 57.6 Å². The van der Waals surface area contributed by atoms with Crippen LogP contribution in [0.2, 0.25) is 0 Å². The lowest BCUT2D eigenvalue weighted by Gasteiger charge is -2.45. The zero-order valence-electron chi connectivity index (χ0n) is 19.2. The van der Waals surface area contributed by atoms with Crippen molar-refractivity contribution in [2.75, 3.05) is 38.5 Å². The molecular weight excluding hydrogens is 388 g/mol. The van der Waals surface area contributed by atoms with Crippen LogP contribution < -0.4 is 5.32 Å². The summed E-state index contributed by atoms with van der Waals surface area (Å²) in [7, 11) is 2.12. The topological polar surface area (TPSA) is 68.6 Å². The summed E-state index contributed by atoms with van der Waals surface area (Å²) in [5, 5.41) is 13.2. The van der Waals surface area contributed by atoms with Crippen molar-refractivity contribution in [2.45, 2.75) is 58.1 Å². The van der Waals surface area contributed by atoms with Crippen molar-refractivity contribution in [3.8, 4) is 6.07 Å². The van der Waals surface area contributed by atoms with Crippen molar-refractivity contribution in [1.29, 1.82) is 5.26 Å². The molecule has 4 rings (SSSR count). The second-order valence-electron chi connectivity index (χ2n) is 10.5. The Bertz CT molecular complexity index is 918. The van der Waals surface area contributed by atoms with Crippen LogP contribution in [-0.4, -0.2) is 60.8 Å². The van der Waals surface area contributed by atoms with Crippen LogP contribution >= 0.6 is 0 Å². The molecule has 166 valence electrons. The summed E-state index contributed by atoms with van der Waals surface area (Å²) in [5.74, 6) is 0. The average Bonchev–Trinajstić information content (AvgIpc) is 3.13. The zero-order chi connectivity index (χ0) is 22.2. The Labute approximate surface area is 185 Å². The summed E-state index contributed by atoms with van der Waals surface area (Å²) < 4.78 is 5.54. The first-order chi connectivity index (χ1) is 14.7. The summed E-state index contributed by atoms with van der Waals surface area (Å²) in [6, 6.07) is 8.86. The fourth-order valence-electron chi connectivity index (χ4n) is 5.09. The third-order valence-electron chi connectivity index (χ3n) is 6.72. The van der Waals surface area contributed by atoms with Gasteiger partial charge in [0, 0.05) is 37.9 Å². The molecule has 0 atom stereocenters. The van der Waals surface area contributed by atoms with Crippen LogP contribution in [0, 0.1) is 16.7 Å². The summed E-state index contributed by atoms with van der Waals surface area (Å²) in [5.41, 5.74) is 3.93. The number of likely N-dealkylation sites (tertiary alicyclic amines) is 1. The van der Waals surface area contributed by atoms with Gasteiger partial charge in [-0.15, -0.1) is 0 Å². The molecule has 1 aromatic carbocycles. The van der Waals surface area contributed by atoms with Crippen LogP contribution in [0.15, 0.2) is 24.3 Å². The van der Waals surface area contributed by atoms with Crippen LogP contribution in [0.25, 0.3) is 5.57 Å². The number of likely N-dealkylation sites (N-methyl/N-ethyl adjacent to an activating group) is 1. The predicted octanol–water partition coefficient (Wildman–Crippen LogP) is 4.48. The van der Waals surface area contributed by atoms with Crippen molar-refractivity contribution in [1.82, 2.24) is 9.80 Å². The zero-order valence-corrected chi connectivity index (χ0v) is 19.2. The van der Waals surface area contributed by atoms with E-state index in [0.29, 0.717) is 6.04 Å². The number of rotatable bonds is 3. The van der Waals surface area contributed by atoms with Gasteiger partial charge in [-0.3, -0.25) is 0 Å². The Morgan fingerprint density at radius 1 is 1.29 bits per heavy atom. The molecule has 1 aliphatic carbocycles. The SMILES string of the molecule is CN1CC=C(c2cc(NC3CC4(CCN(C(=O)OC(C)(C)C)C4)C3)ccc2C#N)CC1. The summed E-state index contributed by atoms with van der Waals surface area (Å²) in [4.78, 5) is 16.5. The molecule has 1 spiro atoms. The van der Waals surface area contributed by atoms with Gasteiger partial charge in [0.1, 0.15) is 5.60 Å². The number of hydrogen-bond acceptors (Lipinski definition) is 5. The lowest BCUT2D eigenvalue weighted by molar-refractivity contribution is 0.0237. The molecular formula is C25H34N4O2. The van der Waals surface area contributed by atoms with Gasteiger partial charge in [-0.25, -0.2) is 4.79 Å². The second kappa shape index (κ2) is 8.20. The number of nitriles is 1. The van der Waals surface area contributed by atoms with E-state index >= 15 is 0 Å². The average molecular weight is 423 g/mol. The molecule has 1 saturated carbocycles. The number of anilines is 1. The van der Waals surface area contributed by atoms with E-state index < -0.39 is 5.60 Å². The lowest BCUT2D eigenvalue weighted by Crippen LogP contribution is -2.47. The van der Waals surface area contributed by atoms with E-state index in [-0.39, 0.29) is 11.5 Å². The predicted molar refractivity (Wildman–Crippen MR) is 123 cm³/mol. The number of amides is 1. The van der Waals surface area contributed by atoms with Crippen LogP contribution in [-0.2, 0) is 4.74 Å². The van der Waals surface area contributed by atoms with E-state index in [2.05, 4.69) is 35.5 Å². The van der Waals surface area contributed by atoms with Crippen molar-refractivity contribution < 1.29 is 9.53 Å². The molecule has 6 heteroatoms.